The molecule has 0 spiro atoms. The number of aromatic nitrogens is 4. The van der Waals surface area contributed by atoms with Crippen LogP contribution in [0.4, 0.5) is 5.82 Å². The summed E-state index contributed by atoms with van der Waals surface area (Å²) in [4.78, 5) is 46.0. The molecular weight excluding hydrogens is 392 g/mol. The lowest BCUT2D eigenvalue weighted by Gasteiger charge is -2.19. The van der Waals surface area contributed by atoms with Gasteiger partial charge in [0.1, 0.15) is 16.4 Å². The highest BCUT2D eigenvalue weighted by Crippen LogP contribution is 2.25. The number of ketones is 1. The summed E-state index contributed by atoms with van der Waals surface area (Å²) in [6.45, 7) is 3.54. The molecule has 0 saturated carbocycles. The predicted molar refractivity (Wildman–Crippen MR) is 112 cm³/mol. The Morgan fingerprint density at radius 3 is 2.62 bits per heavy atom. The van der Waals surface area contributed by atoms with Gasteiger partial charge in [0.25, 0.3) is 5.56 Å². The quantitative estimate of drug-likeness (QED) is 0.579. The van der Waals surface area contributed by atoms with Crippen molar-refractivity contribution in [2.24, 2.45) is 14.1 Å². The minimum atomic E-state index is -0.705. The summed E-state index contributed by atoms with van der Waals surface area (Å²) in [7, 11) is 2.74. The van der Waals surface area contributed by atoms with Gasteiger partial charge in [0.15, 0.2) is 5.78 Å². The molecule has 9 nitrogen and oxygen atoms in total. The molecule has 3 aromatic rings. The van der Waals surface area contributed by atoms with E-state index in [9.17, 15) is 14.4 Å². The van der Waals surface area contributed by atoms with Crippen molar-refractivity contribution in [3.8, 4) is 11.3 Å². The largest absolute Gasteiger partial charge is 0.384 e. The third-order valence-electron chi connectivity index (χ3n) is 4.70. The van der Waals surface area contributed by atoms with Crippen LogP contribution in [0.3, 0.4) is 0 Å². The zero-order chi connectivity index (χ0) is 21.3. The highest BCUT2D eigenvalue weighted by Gasteiger charge is 2.26. The van der Waals surface area contributed by atoms with Crippen molar-refractivity contribution in [3.05, 3.63) is 61.3 Å². The van der Waals surface area contributed by atoms with E-state index in [4.69, 9.17) is 5.73 Å². The van der Waals surface area contributed by atoms with E-state index in [0.29, 0.717) is 0 Å². The lowest BCUT2D eigenvalue weighted by atomic mass is 10.1. The summed E-state index contributed by atoms with van der Waals surface area (Å²) in [5.74, 6) is -0.618. The zero-order valence-electron chi connectivity index (χ0n) is 16.5. The number of nitrogens with two attached hydrogens (primary N) is 1. The first-order valence-electron chi connectivity index (χ1n) is 8.94. The Bertz CT molecular complexity index is 1160. The molecule has 0 unspecified atom stereocenters. The Balaban J connectivity index is 1.81. The summed E-state index contributed by atoms with van der Waals surface area (Å²) in [5, 5.41) is 5.88. The minimum absolute atomic E-state index is 0.141. The van der Waals surface area contributed by atoms with Crippen LogP contribution in [0.1, 0.15) is 35.3 Å². The first kappa shape index (κ1) is 20.6. The van der Waals surface area contributed by atoms with Crippen LogP contribution in [0.25, 0.3) is 11.3 Å². The maximum absolute atomic E-state index is 12.9. The van der Waals surface area contributed by atoms with Crippen LogP contribution in [0.5, 0.6) is 0 Å². The number of Topliss-reactive ketones (excluding diaryl/α,β-unsaturated/α-hetero) is 1. The van der Waals surface area contributed by atoms with Crippen LogP contribution in [0.15, 0.2) is 39.5 Å². The average molecular weight is 414 g/mol. The summed E-state index contributed by atoms with van der Waals surface area (Å²) in [6, 6.07) is 2.83. The maximum Gasteiger partial charge on any atom is 0.332 e. The zero-order valence-corrected chi connectivity index (χ0v) is 17.4. The molecule has 0 saturated heterocycles. The van der Waals surface area contributed by atoms with E-state index in [1.165, 1.54) is 25.4 Å². The van der Waals surface area contributed by atoms with Crippen LogP contribution in [0, 0.1) is 0 Å². The van der Waals surface area contributed by atoms with Gasteiger partial charge < -0.3 is 5.73 Å². The van der Waals surface area contributed by atoms with Gasteiger partial charge in [-0.1, -0.05) is 0 Å². The van der Waals surface area contributed by atoms with Crippen molar-refractivity contribution in [2.75, 3.05) is 5.73 Å². The Kier molecular flexibility index (Phi) is 5.76. The molecule has 0 radical (unpaired) electrons. The second kappa shape index (κ2) is 8.10. The minimum Gasteiger partial charge on any atom is -0.384 e. The number of anilines is 1. The van der Waals surface area contributed by atoms with E-state index in [2.05, 4.69) is 15.3 Å². The van der Waals surface area contributed by atoms with Crippen molar-refractivity contribution in [2.45, 2.75) is 25.9 Å². The second-order valence-corrected chi connectivity index (χ2v) is 7.64. The van der Waals surface area contributed by atoms with Crippen molar-refractivity contribution in [1.29, 1.82) is 0 Å². The monoisotopic (exact) mass is 414 g/mol. The summed E-state index contributed by atoms with van der Waals surface area (Å²) in [6.07, 6.45) is 3.44. The molecule has 0 bridgehead atoms. The molecule has 3 aromatic heterocycles. The molecule has 0 aliphatic rings. The van der Waals surface area contributed by atoms with Crippen molar-refractivity contribution in [1.82, 2.24) is 24.4 Å². The first-order valence-corrected chi connectivity index (χ1v) is 9.82. The summed E-state index contributed by atoms with van der Waals surface area (Å²) < 4.78 is 1.96. The van der Waals surface area contributed by atoms with Gasteiger partial charge >= 0.3 is 5.69 Å². The van der Waals surface area contributed by atoms with Gasteiger partial charge in [-0.05, 0) is 26.0 Å². The number of nitrogen functional groups attached to an aromatic ring is 1. The number of carbonyl (C=O) groups is 1. The standard InChI is InChI=1S/C19H22N6O3S/c1-10(15(26)14-16(20)24(3)19(28)25(4)18(14)27)22-11(2)17-23-13(9-29-17)12-6-5-7-21-8-12/h5-11,22H,20H2,1-4H3/t10-,11-/m0/s1. The van der Waals surface area contributed by atoms with Crippen LogP contribution in [0.2, 0.25) is 0 Å². The number of nitrogens with one attached hydrogen (secondary N) is 1. The summed E-state index contributed by atoms with van der Waals surface area (Å²) >= 11 is 1.47. The fraction of sp³-hybridized carbons (Fsp3) is 0.316. The highest BCUT2D eigenvalue weighted by atomic mass is 32.1. The molecule has 10 heteroatoms. The van der Waals surface area contributed by atoms with Crippen molar-refractivity contribution >= 4 is 22.9 Å². The van der Waals surface area contributed by atoms with E-state index in [-0.39, 0.29) is 17.4 Å². The van der Waals surface area contributed by atoms with Gasteiger partial charge in [0, 0.05) is 37.4 Å². The second-order valence-electron chi connectivity index (χ2n) is 6.75. The number of thiazole rings is 1. The van der Waals surface area contributed by atoms with Crippen molar-refractivity contribution < 1.29 is 4.79 Å². The van der Waals surface area contributed by atoms with E-state index in [1.807, 2.05) is 24.4 Å². The molecular formula is C19H22N6O3S. The molecule has 3 heterocycles. The number of hydrogen-bond donors (Lipinski definition) is 2. The molecule has 0 fully saturated rings. The fourth-order valence-electron chi connectivity index (χ4n) is 2.96. The molecule has 0 amide bonds. The van der Waals surface area contributed by atoms with Crippen molar-refractivity contribution in [3.63, 3.8) is 0 Å². The van der Waals surface area contributed by atoms with Gasteiger partial charge in [0.2, 0.25) is 0 Å². The van der Waals surface area contributed by atoms with Gasteiger partial charge in [-0.15, -0.1) is 11.3 Å². The van der Waals surface area contributed by atoms with Gasteiger partial charge in [-0.2, -0.15) is 0 Å². The van der Waals surface area contributed by atoms with Gasteiger partial charge in [-0.25, -0.2) is 9.78 Å². The first-order chi connectivity index (χ1) is 13.7. The summed E-state index contributed by atoms with van der Waals surface area (Å²) in [5.41, 5.74) is 6.12. The fourth-order valence-corrected chi connectivity index (χ4v) is 3.81. The smallest absolute Gasteiger partial charge is 0.332 e. The predicted octanol–water partition coefficient (Wildman–Crippen LogP) is 1.11. The third-order valence-corrected chi connectivity index (χ3v) is 5.73. The SMILES string of the molecule is C[C@H](N[C@@H](C)c1nc(-c2cccnc2)cs1)C(=O)c1c(N)n(C)c(=O)n(C)c1=O. The van der Waals surface area contributed by atoms with Crippen LogP contribution >= 0.6 is 11.3 Å². The Morgan fingerprint density at radius 1 is 1.24 bits per heavy atom. The molecule has 2 atom stereocenters. The molecule has 152 valence electrons. The maximum atomic E-state index is 12.9. The Hall–Kier alpha value is -3.11. The lowest BCUT2D eigenvalue weighted by Crippen LogP contribution is -2.45. The third kappa shape index (κ3) is 3.89. The topological polar surface area (TPSA) is 125 Å². The molecule has 3 N–H and O–H groups in total. The van der Waals surface area contributed by atoms with Crippen LogP contribution < -0.4 is 22.3 Å². The number of carbonyl (C=O) groups excluding carboxylic acids is 1. The van der Waals surface area contributed by atoms with E-state index in [0.717, 1.165) is 25.4 Å². The van der Waals surface area contributed by atoms with Crippen LogP contribution in [-0.2, 0) is 14.1 Å². The average Bonchev–Trinajstić information content (AvgIpc) is 3.22. The van der Waals surface area contributed by atoms with E-state index >= 15 is 0 Å². The Labute approximate surface area is 170 Å². The molecule has 29 heavy (non-hydrogen) atoms. The van der Waals surface area contributed by atoms with Crippen LogP contribution in [-0.4, -0.2) is 30.9 Å². The van der Waals surface area contributed by atoms with E-state index in [1.54, 1.807) is 19.3 Å². The normalized spacial score (nSPS) is 13.2. The highest BCUT2D eigenvalue weighted by molar-refractivity contribution is 7.10. The van der Waals surface area contributed by atoms with Gasteiger partial charge in [0.05, 0.1) is 17.8 Å². The number of hydrogen-bond acceptors (Lipinski definition) is 8. The lowest BCUT2D eigenvalue weighted by molar-refractivity contribution is 0.0943. The van der Waals surface area contributed by atoms with Gasteiger partial charge in [-0.3, -0.25) is 29.0 Å². The molecule has 0 aliphatic carbocycles. The number of pyridine rings is 1. The Morgan fingerprint density at radius 2 is 1.97 bits per heavy atom. The number of rotatable bonds is 6. The molecule has 3 rings (SSSR count). The molecule has 0 aromatic carbocycles. The van der Waals surface area contributed by atoms with E-state index < -0.39 is 23.1 Å². The molecule has 0 aliphatic heterocycles. The number of nitrogens with zero attached hydrogens (tertiary/aromatic N) is 4.